The van der Waals surface area contributed by atoms with Gasteiger partial charge < -0.3 is 4.57 Å². The zero-order chi connectivity index (χ0) is 13.3. The van der Waals surface area contributed by atoms with Crippen LogP contribution in [0, 0.1) is 17.8 Å². The van der Waals surface area contributed by atoms with Crippen molar-refractivity contribution in [2.24, 2.45) is 17.8 Å². The van der Waals surface area contributed by atoms with E-state index in [0.29, 0.717) is 5.15 Å². The molecule has 0 N–H and O–H groups in total. The van der Waals surface area contributed by atoms with Gasteiger partial charge in [0.2, 0.25) is 0 Å². The maximum absolute atomic E-state index is 6.15. The van der Waals surface area contributed by atoms with Gasteiger partial charge in [-0.15, -0.1) is 0 Å². The Bertz CT molecular complexity index is 657. The molecular formula is C15H17ClN4. The van der Waals surface area contributed by atoms with Crippen LogP contribution < -0.4 is 0 Å². The molecule has 6 rings (SSSR count). The van der Waals surface area contributed by atoms with E-state index in [1.54, 1.807) is 6.33 Å². The van der Waals surface area contributed by atoms with Crippen molar-refractivity contribution in [3.63, 3.8) is 0 Å². The van der Waals surface area contributed by atoms with E-state index >= 15 is 0 Å². The minimum atomic E-state index is 0.251. The lowest BCUT2D eigenvalue weighted by atomic mass is 9.53. The number of aromatic nitrogens is 4. The highest BCUT2D eigenvalue weighted by Gasteiger charge is 2.52. The first-order valence-electron chi connectivity index (χ1n) is 7.57. The topological polar surface area (TPSA) is 43.6 Å². The van der Waals surface area contributed by atoms with Gasteiger partial charge in [-0.05, 0) is 56.3 Å². The number of hydrogen-bond donors (Lipinski definition) is 0. The van der Waals surface area contributed by atoms with Gasteiger partial charge in [-0.3, -0.25) is 0 Å². The van der Waals surface area contributed by atoms with E-state index in [0.717, 1.165) is 28.9 Å². The normalized spacial score (nSPS) is 38.8. The Balaban J connectivity index is 1.70. The zero-order valence-electron chi connectivity index (χ0n) is 11.3. The maximum atomic E-state index is 6.15. The lowest BCUT2D eigenvalue weighted by molar-refractivity contribution is -0.0412. The number of rotatable bonds is 1. The third-order valence-electron chi connectivity index (χ3n) is 5.81. The van der Waals surface area contributed by atoms with Crippen LogP contribution >= 0.6 is 11.6 Å². The van der Waals surface area contributed by atoms with E-state index in [1.165, 1.54) is 38.5 Å². The molecule has 4 aliphatic rings. The standard InChI is InChI=1S/C15H17ClN4/c16-13-12-14(18-7-17-13)20(8-19-12)15-4-9-1-10(5-15)3-11(2-9)6-15/h7-11H,1-6H2. The molecule has 4 nitrogen and oxygen atoms in total. The summed E-state index contributed by atoms with van der Waals surface area (Å²) in [6.45, 7) is 0. The van der Waals surface area contributed by atoms with Gasteiger partial charge in [0, 0.05) is 5.54 Å². The minimum Gasteiger partial charge on any atom is -0.309 e. The van der Waals surface area contributed by atoms with Crippen LogP contribution in [-0.4, -0.2) is 19.5 Å². The second kappa shape index (κ2) is 3.73. The Hall–Kier alpha value is -1.16. The van der Waals surface area contributed by atoms with Crippen molar-refractivity contribution in [1.82, 2.24) is 19.5 Å². The van der Waals surface area contributed by atoms with Crippen LogP contribution in [0.5, 0.6) is 0 Å². The molecule has 4 fully saturated rings. The van der Waals surface area contributed by atoms with Crippen LogP contribution in [0.4, 0.5) is 0 Å². The summed E-state index contributed by atoms with van der Waals surface area (Å²) in [6, 6.07) is 0. The Labute approximate surface area is 122 Å². The Morgan fingerprint density at radius 2 is 1.65 bits per heavy atom. The number of fused-ring (bicyclic) bond motifs is 1. The fraction of sp³-hybridized carbons (Fsp3) is 0.667. The number of halogens is 1. The quantitative estimate of drug-likeness (QED) is 0.755. The smallest absolute Gasteiger partial charge is 0.165 e. The molecule has 0 radical (unpaired) electrons. The highest BCUT2D eigenvalue weighted by Crippen LogP contribution is 2.59. The molecule has 5 heteroatoms. The highest BCUT2D eigenvalue weighted by atomic mass is 35.5. The average molecular weight is 289 g/mol. The highest BCUT2D eigenvalue weighted by molar-refractivity contribution is 6.33. The fourth-order valence-corrected chi connectivity index (χ4v) is 5.69. The lowest BCUT2D eigenvalue weighted by Crippen LogP contribution is -2.51. The fourth-order valence-electron chi connectivity index (χ4n) is 5.51. The molecule has 0 aliphatic heterocycles. The third-order valence-corrected chi connectivity index (χ3v) is 6.08. The van der Waals surface area contributed by atoms with Gasteiger partial charge in [0.25, 0.3) is 0 Å². The van der Waals surface area contributed by atoms with Gasteiger partial charge >= 0.3 is 0 Å². The van der Waals surface area contributed by atoms with Crippen LogP contribution in [0.1, 0.15) is 38.5 Å². The summed E-state index contributed by atoms with van der Waals surface area (Å²) >= 11 is 6.15. The van der Waals surface area contributed by atoms with Crippen LogP contribution in [0.25, 0.3) is 11.2 Å². The van der Waals surface area contributed by atoms with E-state index in [1.807, 2.05) is 6.33 Å². The lowest BCUT2D eigenvalue weighted by Gasteiger charge is -2.57. The van der Waals surface area contributed by atoms with Crippen molar-refractivity contribution >= 4 is 22.8 Å². The molecule has 0 atom stereocenters. The second-order valence-corrected chi connectivity index (χ2v) is 7.45. The molecule has 0 saturated heterocycles. The summed E-state index contributed by atoms with van der Waals surface area (Å²) < 4.78 is 2.33. The molecule has 2 heterocycles. The SMILES string of the molecule is Clc1ncnc2c1ncn2C12CC3CC(CC(C3)C1)C2. The van der Waals surface area contributed by atoms with E-state index < -0.39 is 0 Å². The molecule has 0 unspecified atom stereocenters. The van der Waals surface area contributed by atoms with Crippen LogP contribution in [-0.2, 0) is 5.54 Å². The van der Waals surface area contributed by atoms with Gasteiger partial charge in [0.1, 0.15) is 11.8 Å². The molecule has 2 aromatic heterocycles. The summed E-state index contributed by atoms with van der Waals surface area (Å²) in [5, 5.41) is 0.471. The molecule has 4 bridgehead atoms. The molecular weight excluding hydrogens is 272 g/mol. The Morgan fingerprint density at radius 1 is 1.00 bits per heavy atom. The predicted octanol–water partition coefficient (Wildman–Crippen LogP) is 3.41. The van der Waals surface area contributed by atoms with Crippen LogP contribution in [0.15, 0.2) is 12.7 Å². The van der Waals surface area contributed by atoms with Crippen molar-refractivity contribution in [2.45, 2.75) is 44.1 Å². The minimum absolute atomic E-state index is 0.251. The molecule has 4 saturated carbocycles. The summed E-state index contributed by atoms with van der Waals surface area (Å²) in [5.41, 5.74) is 1.93. The predicted molar refractivity (Wildman–Crippen MR) is 76.5 cm³/mol. The van der Waals surface area contributed by atoms with E-state index in [-0.39, 0.29) is 5.54 Å². The molecule has 20 heavy (non-hydrogen) atoms. The largest absolute Gasteiger partial charge is 0.309 e. The van der Waals surface area contributed by atoms with Crippen molar-refractivity contribution in [3.8, 4) is 0 Å². The molecule has 0 aromatic carbocycles. The Kier molecular flexibility index (Phi) is 2.14. The van der Waals surface area contributed by atoms with Gasteiger partial charge in [0.05, 0.1) is 6.33 Å². The molecule has 0 spiro atoms. The first kappa shape index (κ1) is 11.5. The van der Waals surface area contributed by atoms with Crippen LogP contribution in [0.2, 0.25) is 5.15 Å². The first-order chi connectivity index (χ1) is 9.73. The van der Waals surface area contributed by atoms with Gasteiger partial charge in [0.15, 0.2) is 10.8 Å². The van der Waals surface area contributed by atoms with E-state index in [4.69, 9.17) is 11.6 Å². The van der Waals surface area contributed by atoms with Crippen molar-refractivity contribution < 1.29 is 0 Å². The number of imidazole rings is 1. The summed E-state index contributed by atoms with van der Waals surface area (Å²) in [6.07, 6.45) is 11.7. The van der Waals surface area contributed by atoms with Crippen molar-refractivity contribution in [1.29, 1.82) is 0 Å². The van der Waals surface area contributed by atoms with Gasteiger partial charge in [-0.1, -0.05) is 11.6 Å². The first-order valence-corrected chi connectivity index (χ1v) is 7.95. The zero-order valence-corrected chi connectivity index (χ0v) is 12.1. The maximum Gasteiger partial charge on any atom is 0.165 e. The summed E-state index contributed by atoms with van der Waals surface area (Å²) in [5.74, 6) is 2.74. The second-order valence-electron chi connectivity index (χ2n) is 7.09. The number of nitrogens with zero attached hydrogens (tertiary/aromatic N) is 4. The Morgan fingerprint density at radius 3 is 2.30 bits per heavy atom. The van der Waals surface area contributed by atoms with E-state index in [2.05, 4.69) is 19.5 Å². The molecule has 4 aliphatic carbocycles. The molecule has 104 valence electrons. The van der Waals surface area contributed by atoms with E-state index in [9.17, 15) is 0 Å². The van der Waals surface area contributed by atoms with Gasteiger partial charge in [-0.2, -0.15) is 0 Å². The van der Waals surface area contributed by atoms with Crippen molar-refractivity contribution in [2.75, 3.05) is 0 Å². The molecule has 2 aromatic rings. The van der Waals surface area contributed by atoms with Crippen LogP contribution in [0.3, 0.4) is 0 Å². The monoisotopic (exact) mass is 288 g/mol. The summed E-state index contributed by atoms with van der Waals surface area (Å²) in [4.78, 5) is 13.0. The average Bonchev–Trinajstić information content (AvgIpc) is 2.83. The molecule has 0 amide bonds. The number of hydrogen-bond acceptors (Lipinski definition) is 3. The van der Waals surface area contributed by atoms with Crippen molar-refractivity contribution in [3.05, 3.63) is 17.8 Å². The van der Waals surface area contributed by atoms with Gasteiger partial charge in [-0.25, -0.2) is 15.0 Å². The summed E-state index contributed by atoms with van der Waals surface area (Å²) in [7, 11) is 0. The third kappa shape index (κ3) is 1.40.